The fraction of sp³-hybridized carbons (Fsp3) is 0.722. The Kier molecular flexibility index (Phi) is 5.93. The van der Waals surface area contributed by atoms with E-state index in [-0.39, 0.29) is 6.04 Å². The van der Waals surface area contributed by atoms with Crippen LogP contribution in [0.25, 0.3) is 0 Å². The molecule has 2 aliphatic heterocycles. The molecule has 2 N–H and O–H groups in total. The van der Waals surface area contributed by atoms with Crippen LogP contribution >= 0.6 is 12.2 Å². The largest absolute Gasteiger partial charge is 0.360 e. The lowest BCUT2D eigenvalue weighted by Crippen LogP contribution is -2.36. The topological polar surface area (TPSA) is 56.3 Å². The van der Waals surface area contributed by atoms with Crippen molar-refractivity contribution in [3.05, 3.63) is 6.07 Å². The van der Waals surface area contributed by atoms with Crippen molar-refractivity contribution in [1.82, 2.24) is 15.3 Å². The average Bonchev–Trinajstić information content (AvgIpc) is 3.08. The van der Waals surface area contributed by atoms with Gasteiger partial charge in [0, 0.05) is 38.3 Å². The molecule has 3 heterocycles. The van der Waals surface area contributed by atoms with Crippen molar-refractivity contribution in [1.29, 1.82) is 0 Å². The van der Waals surface area contributed by atoms with Crippen molar-refractivity contribution in [2.24, 2.45) is 5.92 Å². The normalized spacial score (nSPS) is 20.9. The Hall–Kier alpha value is -1.63. The standard InChI is InChI=1S/C18H30N6S/c1-13(2)19-18(25)22-17-20-15(23-8-4-5-9-23)11-16(21-17)24-10-6-7-14(3)12-24/h11,13-14H,4-10,12H2,1-3H3,(H2,19,20,21,22,25). The Balaban J connectivity index is 1.84. The Bertz CT molecular complexity index is 599. The summed E-state index contributed by atoms with van der Waals surface area (Å²) in [4.78, 5) is 14.2. The van der Waals surface area contributed by atoms with Gasteiger partial charge in [-0.2, -0.15) is 9.97 Å². The van der Waals surface area contributed by atoms with E-state index in [4.69, 9.17) is 22.2 Å². The van der Waals surface area contributed by atoms with Gasteiger partial charge in [-0.15, -0.1) is 0 Å². The molecule has 2 saturated heterocycles. The Morgan fingerprint density at radius 2 is 1.76 bits per heavy atom. The highest BCUT2D eigenvalue weighted by Gasteiger charge is 2.22. The Morgan fingerprint density at radius 3 is 2.40 bits per heavy atom. The first kappa shape index (κ1) is 18.2. The molecule has 0 aromatic carbocycles. The van der Waals surface area contributed by atoms with Crippen LogP contribution in [0.1, 0.15) is 46.5 Å². The molecule has 0 saturated carbocycles. The Labute approximate surface area is 156 Å². The van der Waals surface area contributed by atoms with E-state index in [9.17, 15) is 0 Å². The van der Waals surface area contributed by atoms with Gasteiger partial charge in [-0.05, 0) is 57.7 Å². The van der Waals surface area contributed by atoms with Crippen LogP contribution in [0.15, 0.2) is 6.07 Å². The first-order valence-electron chi connectivity index (χ1n) is 9.48. The number of nitrogens with zero attached hydrogens (tertiary/aromatic N) is 4. The van der Waals surface area contributed by atoms with Gasteiger partial charge in [0.05, 0.1) is 0 Å². The highest BCUT2D eigenvalue weighted by Crippen LogP contribution is 2.27. The third-order valence-corrected chi connectivity index (χ3v) is 4.98. The van der Waals surface area contributed by atoms with Gasteiger partial charge in [0.15, 0.2) is 5.11 Å². The predicted octanol–water partition coefficient (Wildman–Crippen LogP) is 3.01. The van der Waals surface area contributed by atoms with Crippen LogP contribution in [0.3, 0.4) is 0 Å². The second kappa shape index (κ2) is 8.17. The molecule has 25 heavy (non-hydrogen) atoms. The second-order valence-electron chi connectivity index (χ2n) is 7.55. The van der Waals surface area contributed by atoms with Crippen LogP contribution in [0, 0.1) is 5.92 Å². The third kappa shape index (κ3) is 4.93. The lowest BCUT2D eigenvalue weighted by atomic mass is 10.0. The summed E-state index contributed by atoms with van der Waals surface area (Å²) in [5.41, 5.74) is 0. The summed E-state index contributed by atoms with van der Waals surface area (Å²) in [5.74, 6) is 3.32. The van der Waals surface area contributed by atoms with Crippen molar-refractivity contribution in [3.63, 3.8) is 0 Å². The molecule has 1 aromatic rings. The van der Waals surface area contributed by atoms with Gasteiger partial charge in [-0.3, -0.25) is 0 Å². The molecule has 0 aliphatic carbocycles. The number of anilines is 3. The summed E-state index contributed by atoms with van der Waals surface area (Å²) in [5, 5.41) is 6.95. The monoisotopic (exact) mass is 362 g/mol. The fourth-order valence-electron chi connectivity index (χ4n) is 3.55. The summed E-state index contributed by atoms with van der Waals surface area (Å²) >= 11 is 5.38. The predicted molar refractivity (Wildman–Crippen MR) is 109 cm³/mol. The van der Waals surface area contributed by atoms with Crippen LogP contribution < -0.4 is 20.4 Å². The summed E-state index contributed by atoms with van der Waals surface area (Å²) < 4.78 is 0. The lowest BCUT2D eigenvalue weighted by molar-refractivity contribution is 0.444. The molecule has 0 bridgehead atoms. The maximum Gasteiger partial charge on any atom is 0.232 e. The molecule has 0 radical (unpaired) electrons. The van der Waals surface area contributed by atoms with Gasteiger partial charge in [-0.25, -0.2) is 0 Å². The van der Waals surface area contributed by atoms with E-state index in [0.717, 1.165) is 37.8 Å². The van der Waals surface area contributed by atoms with Crippen LogP contribution in [-0.4, -0.2) is 47.3 Å². The van der Waals surface area contributed by atoms with Crippen molar-refractivity contribution >= 4 is 34.9 Å². The number of hydrogen-bond acceptors (Lipinski definition) is 5. The van der Waals surface area contributed by atoms with E-state index >= 15 is 0 Å². The van der Waals surface area contributed by atoms with Crippen molar-refractivity contribution in [3.8, 4) is 0 Å². The molecule has 2 fully saturated rings. The first-order valence-corrected chi connectivity index (χ1v) is 9.88. The van der Waals surface area contributed by atoms with Gasteiger partial charge in [0.1, 0.15) is 11.6 Å². The molecule has 138 valence electrons. The molecule has 2 aliphatic rings. The number of piperidine rings is 1. The zero-order valence-electron chi connectivity index (χ0n) is 15.6. The molecule has 0 amide bonds. The molecule has 1 atom stereocenters. The number of nitrogens with one attached hydrogen (secondary N) is 2. The highest BCUT2D eigenvalue weighted by molar-refractivity contribution is 7.80. The molecule has 1 unspecified atom stereocenters. The minimum Gasteiger partial charge on any atom is -0.360 e. The SMILES string of the molecule is CC1CCCN(c2cc(N3CCCC3)nc(NC(=S)NC(C)C)n2)C1. The quantitative estimate of drug-likeness (QED) is 0.799. The maximum atomic E-state index is 5.38. The van der Waals surface area contributed by atoms with E-state index in [2.05, 4.69) is 47.3 Å². The van der Waals surface area contributed by atoms with Crippen molar-refractivity contribution < 1.29 is 0 Å². The highest BCUT2D eigenvalue weighted by atomic mass is 32.1. The smallest absolute Gasteiger partial charge is 0.232 e. The summed E-state index contributed by atoms with van der Waals surface area (Å²) in [7, 11) is 0. The average molecular weight is 363 g/mol. The van der Waals surface area contributed by atoms with E-state index in [1.165, 1.54) is 25.7 Å². The lowest BCUT2D eigenvalue weighted by Gasteiger charge is -2.32. The molecule has 7 heteroatoms. The van der Waals surface area contributed by atoms with Gasteiger partial charge in [0.25, 0.3) is 0 Å². The van der Waals surface area contributed by atoms with Gasteiger partial charge >= 0.3 is 0 Å². The molecule has 0 spiro atoms. The van der Waals surface area contributed by atoms with Crippen LogP contribution in [0.5, 0.6) is 0 Å². The van der Waals surface area contributed by atoms with Crippen LogP contribution in [-0.2, 0) is 0 Å². The second-order valence-corrected chi connectivity index (χ2v) is 7.96. The van der Waals surface area contributed by atoms with Crippen LogP contribution in [0.2, 0.25) is 0 Å². The van der Waals surface area contributed by atoms with Gasteiger partial charge in [-0.1, -0.05) is 6.92 Å². The molecular formula is C18H30N6S. The van der Waals surface area contributed by atoms with Gasteiger partial charge in [0.2, 0.25) is 5.95 Å². The third-order valence-electron chi connectivity index (χ3n) is 4.76. The zero-order chi connectivity index (χ0) is 17.8. The fourth-order valence-corrected chi connectivity index (χ4v) is 3.87. The minimum absolute atomic E-state index is 0.282. The van der Waals surface area contributed by atoms with E-state index in [1.807, 2.05) is 0 Å². The summed E-state index contributed by atoms with van der Waals surface area (Å²) in [6, 6.07) is 2.43. The molecular weight excluding hydrogens is 332 g/mol. The number of hydrogen-bond donors (Lipinski definition) is 2. The molecule has 6 nitrogen and oxygen atoms in total. The van der Waals surface area contributed by atoms with Crippen molar-refractivity contribution in [2.75, 3.05) is 41.3 Å². The summed E-state index contributed by atoms with van der Waals surface area (Å²) in [6.07, 6.45) is 4.99. The van der Waals surface area contributed by atoms with Crippen molar-refractivity contribution in [2.45, 2.75) is 52.5 Å². The summed E-state index contributed by atoms with van der Waals surface area (Å²) in [6.45, 7) is 10.7. The van der Waals surface area contributed by atoms with Crippen LogP contribution in [0.4, 0.5) is 17.6 Å². The minimum atomic E-state index is 0.282. The first-order chi connectivity index (χ1) is 12.0. The Morgan fingerprint density at radius 1 is 1.12 bits per heavy atom. The number of thiocarbonyl (C=S) groups is 1. The number of aromatic nitrogens is 2. The molecule has 1 aromatic heterocycles. The van der Waals surface area contributed by atoms with E-state index < -0.39 is 0 Å². The maximum absolute atomic E-state index is 5.38. The zero-order valence-corrected chi connectivity index (χ0v) is 16.4. The number of rotatable bonds is 4. The van der Waals surface area contributed by atoms with Gasteiger partial charge < -0.3 is 20.4 Å². The van der Waals surface area contributed by atoms with E-state index in [0.29, 0.717) is 17.0 Å². The molecule has 3 rings (SSSR count). The van der Waals surface area contributed by atoms with E-state index in [1.54, 1.807) is 0 Å².